The Kier molecular flexibility index (Phi) is 6.10. The highest BCUT2D eigenvalue weighted by Crippen LogP contribution is 2.28. The minimum Gasteiger partial charge on any atom is -0.393 e. The molecule has 0 aliphatic heterocycles. The first-order chi connectivity index (χ1) is 9.86. The van der Waals surface area contributed by atoms with Gasteiger partial charge in [-0.2, -0.15) is 0 Å². The summed E-state index contributed by atoms with van der Waals surface area (Å²) in [6.45, 7) is 4.40. The van der Waals surface area contributed by atoms with E-state index in [0.717, 1.165) is 0 Å². The molecule has 1 unspecified atom stereocenters. The molecule has 0 radical (unpaired) electrons. The molecule has 1 aromatic carbocycles. The van der Waals surface area contributed by atoms with Gasteiger partial charge in [0.25, 0.3) is 11.6 Å². The molecule has 1 rings (SSSR count). The summed E-state index contributed by atoms with van der Waals surface area (Å²) < 4.78 is 0. The number of carbonyl (C=O) groups is 1. The van der Waals surface area contributed by atoms with E-state index in [9.17, 15) is 20.0 Å². The molecular formula is C14H21N3O4. The summed E-state index contributed by atoms with van der Waals surface area (Å²) in [7, 11) is 1.72. The van der Waals surface area contributed by atoms with Gasteiger partial charge in [-0.25, -0.2) is 0 Å². The standard InChI is InChI=1S/C14H21N3O4/c1-4-15-14(19)11-5-6-12(13(9-11)17(20)21)16(3)8-7-10(2)18/h5-6,9-10,18H,4,7-8H2,1-3H3,(H,15,19). The van der Waals surface area contributed by atoms with Gasteiger partial charge in [-0.3, -0.25) is 14.9 Å². The van der Waals surface area contributed by atoms with Crippen LogP contribution in [0.3, 0.4) is 0 Å². The Morgan fingerprint density at radius 3 is 2.71 bits per heavy atom. The van der Waals surface area contributed by atoms with Crippen LogP contribution in [0.15, 0.2) is 18.2 Å². The fraction of sp³-hybridized carbons (Fsp3) is 0.500. The maximum absolute atomic E-state index is 11.7. The van der Waals surface area contributed by atoms with Crippen LogP contribution in [0.1, 0.15) is 30.6 Å². The summed E-state index contributed by atoms with van der Waals surface area (Å²) in [5.74, 6) is -0.334. The molecule has 1 atom stereocenters. The number of nitro benzene ring substituents is 1. The molecule has 1 aromatic rings. The van der Waals surface area contributed by atoms with Crippen molar-refractivity contribution in [3.8, 4) is 0 Å². The molecule has 2 N–H and O–H groups in total. The number of anilines is 1. The van der Waals surface area contributed by atoms with Crippen molar-refractivity contribution in [2.45, 2.75) is 26.4 Å². The van der Waals surface area contributed by atoms with Gasteiger partial charge in [-0.15, -0.1) is 0 Å². The zero-order valence-corrected chi connectivity index (χ0v) is 12.5. The van der Waals surface area contributed by atoms with Crippen molar-refractivity contribution in [2.24, 2.45) is 0 Å². The molecule has 1 amide bonds. The second-order valence-corrected chi connectivity index (χ2v) is 4.88. The van der Waals surface area contributed by atoms with Gasteiger partial charge in [0.15, 0.2) is 0 Å². The Hall–Kier alpha value is -2.15. The summed E-state index contributed by atoms with van der Waals surface area (Å²) in [5, 5.41) is 23.1. The highest BCUT2D eigenvalue weighted by atomic mass is 16.6. The fourth-order valence-corrected chi connectivity index (χ4v) is 1.90. The van der Waals surface area contributed by atoms with E-state index >= 15 is 0 Å². The number of nitrogens with one attached hydrogen (secondary N) is 1. The largest absolute Gasteiger partial charge is 0.393 e. The van der Waals surface area contributed by atoms with E-state index < -0.39 is 11.0 Å². The van der Waals surface area contributed by atoms with Gasteiger partial charge in [-0.1, -0.05) is 0 Å². The second-order valence-electron chi connectivity index (χ2n) is 4.88. The number of benzene rings is 1. The van der Waals surface area contributed by atoms with Crippen LogP contribution in [0.2, 0.25) is 0 Å². The Bertz CT molecular complexity index is 517. The molecule has 0 saturated heterocycles. The van der Waals surface area contributed by atoms with Crippen molar-refractivity contribution in [1.82, 2.24) is 5.32 Å². The molecule has 0 aliphatic rings. The van der Waals surface area contributed by atoms with Crippen LogP contribution in [0, 0.1) is 10.1 Å². The van der Waals surface area contributed by atoms with Crippen molar-refractivity contribution >= 4 is 17.3 Å². The lowest BCUT2D eigenvalue weighted by Gasteiger charge is -2.20. The quantitative estimate of drug-likeness (QED) is 0.588. The molecule has 0 bridgehead atoms. The van der Waals surface area contributed by atoms with Gasteiger partial charge in [0.1, 0.15) is 5.69 Å². The number of hydrogen-bond donors (Lipinski definition) is 2. The number of amides is 1. The number of aliphatic hydroxyl groups excluding tert-OH is 1. The molecular weight excluding hydrogens is 274 g/mol. The van der Waals surface area contributed by atoms with Crippen molar-refractivity contribution in [2.75, 3.05) is 25.0 Å². The van der Waals surface area contributed by atoms with Crippen molar-refractivity contribution in [3.05, 3.63) is 33.9 Å². The third kappa shape index (κ3) is 4.71. The molecule has 7 nitrogen and oxygen atoms in total. The molecule has 0 aromatic heterocycles. The van der Waals surface area contributed by atoms with Crippen LogP contribution >= 0.6 is 0 Å². The van der Waals surface area contributed by atoms with Crippen molar-refractivity contribution in [3.63, 3.8) is 0 Å². The van der Waals surface area contributed by atoms with E-state index in [1.807, 2.05) is 0 Å². The lowest BCUT2D eigenvalue weighted by Crippen LogP contribution is -2.24. The van der Waals surface area contributed by atoms with E-state index in [0.29, 0.717) is 25.2 Å². The van der Waals surface area contributed by atoms with E-state index in [1.54, 1.807) is 37.9 Å². The monoisotopic (exact) mass is 295 g/mol. The first kappa shape index (κ1) is 16.9. The summed E-state index contributed by atoms with van der Waals surface area (Å²) >= 11 is 0. The average Bonchev–Trinajstić information content (AvgIpc) is 2.44. The Labute approximate surface area is 123 Å². The van der Waals surface area contributed by atoms with Crippen molar-refractivity contribution in [1.29, 1.82) is 0 Å². The summed E-state index contributed by atoms with van der Waals surface area (Å²) in [5.41, 5.74) is 0.566. The number of aliphatic hydroxyl groups is 1. The lowest BCUT2D eigenvalue weighted by molar-refractivity contribution is -0.384. The number of hydrogen-bond acceptors (Lipinski definition) is 5. The summed E-state index contributed by atoms with van der Waals surface area (Å²) in [4.78, 5) is 24.1. The van der Waals surface area contributed by atoms with E-state index in [2.05, 4.69) is 5.32 Å². The maximum atomic E-state index is 11.7. The SMILES string of the molecule is CCNC(=O)c1ccc(N(C)CCC(C)O)c([N+](=O)[O-])c1. The highest BCUT2D eigenvalue weighted by molar-refractivity contribution is 5.95. The first-order valence-corrected chi connectivity index (χ1v) is 6.82. The summed E-state index contributed by atoms with van der Waals surface area (Å²) in [6, 6.07) is 4.40. The van der Waals surface area contributed by atoms with Gasteiger partial charge < -0.3 is 15.3 Å². The maximum Gasteiger partial charge on any atom is 0.293 e. The van der Waals surface area contributed by atoms with E-state index in [4.69, 9.17) is 0 Å². The van der Waals surface area contributed by atoms with E-state index in [-0.39, 0.29) is 17.2 Å². The molecule has 21 heavy (non-hydrogen) atoms. The molecule has 0 saturated carbocycles. The van der Waals surface area contributed by atoms with Gasteiger partial charge in [-0.05, 0) is 32.4 Å². The molecule has 0 fully saturated rings. The van der Waals surface area contributed by atoms with Gasteiger partial charge in [0.2, 0.25) is 0 Å². The van der Waals surface area contributed by atoms with Crippen molar-refractivity contribution < 1.29 is 14.8 Å². The molecule has 0 aliphatic carbocycles. The molecule has 7 heteroatoms. The third-order valence-electron chi connectivity index (χ3n) is 3.07. The Morgan fingerprint density at radius 2 is 2.19 bits per heavy atom. The second kappa shape index (κ2) is 7.58. The number of nitrogens with zero attached hydrogens (tertiary/aromatic N) is 2. The van der Waals surface area contributed by atoms with Crippen LogP contribution in [0.4, 0.5) is 11.4 Å². The number of rotatable bonds is 7. The van der Waals surface area contributed by atoms with E-state index in [1.165, 1.54) is 6.07 Å². The molecule has 0 heterocycles. The van der Waals surface area contributed by atoms with Crippen LogP contribution in [0.25, 0.3) is 0 Å². The average molecular weight is 295 g/mol. The van der Waals surface area contributed by atoms with Gasteiger partial charge >= 0.3 is 0 Å². The van der Waals surface area contributed by atoms with Crippen LogP contribution in [0.5, 0.6) is 0 Å². The first-order valence-electron chi connectivity index (χ1n) is 6.82. The normalized spacial score (nSPS) is 11.8. The zero-order valence-electron chi connectivity index (χ0n) is 12.5. The van der Waals surface area contributed by atoms with Gasteiger partial charge in [0, 0.05) is 31.8 Å². The Balaban J connectivity index is 3.04. The van der Waals surface area contributed by atoms with Crippen LogP contribution in [-0.2, 0) is 0 Å². The summed E-state index contributed by atoms with van der Waals surface area (Å²) in [6.07, 6.45) is 0.0345. The van der Waals surface area contributed by atoms with Crippen LogP contribution < -0.4 is 10.2 Å². The highest BCUT2D eigenvalue weighted by Gasteiger charge is 2.20. The number of nitro groups is 1. The predicted molar refractivity (Wildman–Crippen MR) is 80.7 cm³/mol. The minimum atomic E-state index is -0.503. The third-order valence-corrected chi connectivity index (χ3v) is 3.07. The Morgan fingerprint density at radius 1 is 1.52 bits per heavy atom. The van der Waals surface area contributed by atoms with Crippen LogP contribution in [-0.4, -0.2) is 42.2 Å². The topological polar surface area (TPSA) is 95.7 Å². The number of carbonyl (C=O) groups excluding carboxylic acids is 1. The molecule has 0 spiro atoms. The molecule has 116 valence electrons. The predicted octanol–water partition coefficient (Wildman–Crippen LogP) is 1.55. The fourth-order valence-electron chi connectivity index (χ4n) is 1.90. The minimum absolute atomic E-state index is 0.119. The lowest BCUT2D eigenvalue weighted by atomic mass is 10.1. The van der Waals surface area contributed by atoms with Gasteiger partial charge in [0.05, 0.1) is 11.0 Å². The smallest absolute Gasteiger partial charge is 0.293 e. The zero-order chi connectivity index (χ0) is 16.0.